The van der Waals surface area contributed by atoms with Gasteiger partial charge >= 0.3 is 0 Å². The molecule has 1 atom stereocenters. The minimum Gasteiger partial charge on any atom is -0.350 e. The Morgan fingerprint density at radius 3 is 2.67 bits per heavy atom. The van der Waals surface area contributed by atoms with Crippen molar-refractivity contribution in [3.05, 3.63) is 24.3 Å². The Kier molecular flexibility index (Phi) is 1.75. The predicted molar refractivity (Wildman–Crippen MR) is 33.3 cm³/mol. The minimum atomic E-state index is 0.235. The molecule has 0 amide bonds. The average molecular weight is 124 g/mol. The van der Waals surface area contributed by atoms with Crippen LogP contribution in [0.1, 0.15) is 18.7 Å². The van der Waals surface area contributed by atoms with Crippen molar-refractivity contribution in [2.24, 2.45) is 0 Å². The van der Waals surface area contributed by atoms with E-state index in [9.17, 15) is 0 Å². The van der Waals surface area contributed by atoms with Crippen molar-refractivity contribution in [3.8, 4) is 0 Å². The van der Waals surface area contributed by atoms with Crippen LogP contribution in [0.2, 0.25) is 0 Å². The molecule has 0 aliphatic heterocycles. The van der Waals surface area contributed by atoms with E-state index in [1.807, 2.05) is 6.92 Å². The zero-order valence-corrected chi connectivity index (χ0v) is 5.41. The van der Waals surface area contributed by atoms with E-state index in [-0.39, 0.29) is 6.04 Å². The quantitative estimate of drug-likeness (QED) is 0.562. The second-order valence-electron chi connectivity index (χ2n) is 2.03. The smallest absolute Gasteiger partial charge is 0.126 e. The highest BCUT2D eigenvalue weighted by Gasteiger charge is 2.00. The van der Waals surface area contributed by atoms with Crippen LogP contribution < -0.4 is 5.73 Å². The maximum Gasteiger partial charge on any atom is 0.126 e. The van der Waals surface area contributed by atoms with Gasteiger partial charge in [-0.1, -0.05) is 0 Å². The first-order chi connectivity index (χ1) is 4.30. The Balaban J connectivity index is 2.85. The van der Waals surface area contributed by atoms with E-state index in [0.29, 0.717) is 0 Å². The van der Waals surface area contributed by atoms with Crippen LogP contribution in [0.5, 0.6) is 0 Å². The molecule has 0 aliphatic carbocycles. The highest BCUT2D eigenvalue weighted by Crippen LogP contribution is 1.97. The molecule has 0 saturated heterocycles. The SMILES string of the molecule is C[C@@H]([NH3+])c1cnccn1. The molecule has 3 nitrogen and oxygen atoms in total. The summed E-state index contributed by atoms with van der Waals surface area (Å²) >= 11 is 0. The van der Waals surface area contributed by atoms with Crippen molar-refractivity contribution in [1.82, 2.24) is 9.97 Å². The molecule has 1 aromatic heterocycles. The molecule has 9 heavy (non-hydrogen) atoms. The minimum absolute atomic E-state index is 0.235. The molecule has 3 N–H and O–H groups in total. The van der Waals surface area contributed by atoms with Crippen LogP contribution in [0.3, 0.4) is 0 Å². The van der Waals surface area contributed by atoms with E-state index in [2.05, 4.69) is 15.7 Å². The third kappa shape index (κ3) is 1.47. The number of rotatable bonds is 1. The molecule has 0 spiro atoms. The molecule has 0 aromatic carbocycles. The first kappa shape index (κ1) is 6.16. The molecule has 0 unspecified atom stereocenters. The van der Waals surface area contributed by atoms with Gasteiger partial charge in [-0.05, 0) is 6.92 Å². The van der Waals surface area contributed by atoms with Gasteiger partial charge in [-0.3, -0.25) is 9.97 Å². The van der Waals surface area contributed by atoms with Gasteiger partial charge in [0.1, 0.15) is 11.7 Å². The second-order valence-corrected chi connectivity index (χ2v) is 2.03. The van der Waals surface area contributed by atoms with Gasteiger partial charge in [0.05, 0.1) is 6.20 Å². The number of aromatic nitrogens is 2. The molecular weight excluding hydrogens is 114 g/mol. The Labute approximate surface area is 53.9 Å². The summed E-state index contributed by atoms with van der Waals surface area (Å²) in [5, 5.41) is 0. The van der Waals surface area contributed by atoms with Gasteiger partial charge in [-0.15, -0.1) is 0 Å². The Bertz CT molecular complexity index is 171. The van der Waals surface area contributed by atoms with Crippen LogP contribution in [-0.2, 0) is 0 Å². The van der Waals surface area contributed by atoms with Crippen molar-refractivity contribution in [1.29, 1.82) is 0 Å². The standard InChI is InChI=1S/C6H9N3/c1-5(7)6-4-8-2-3-9-6/h2-5H,7H2,1H3/p+1/t5-/m1/s1. The molecule has 1 heterocycles. The van der Waals surface area contributed by atoms with E-state index in [0.717, 1.165) is 5.69 Å². The number of quaternary nitrogens is 1. The van der Waals surface area contributed by atoms with Gasteiger partial charge < -0.3 is 5.73 Å². The molecule has 0 bridgehead atoms. The molecule has 48 valence electrons. The van der Waals surface area contributed by atoms with Gasteiger partial charge in [-0.25, -0.2) is 0 Å². The number of hydrogen-bond acceptors (Lipinski definition) is 2. The normalized spacial score (nSPS) is 13.1. The molecule has 1 rings (SSSR count). The first-order valence-corrected chi connectivity index (χ1v) is 2.89. The summed E-state index contributed by atoms with van der Waals surface area (Å²) in [6, 6.07) is 0.235. The topological polar surface area (TPSA) is 53.4 Å². The van der Waals surface area contributed by atoms with Crippen molar-refractivity contribution in [2.75, 3.05) is 0 Å². The van der Waals surface area contributed by atoms with Gasteiger partial charge in [0.25, 0.3) is 0 Å². The fourth-order valence-corrected chi connectivity index (χ4v) is 0.565. The maximum absolute atomic E-state index is 4.05. The maximum atomic E-state index is 4.05. The van der Waals surface area contributed by atoms with Crippen molar-refractivity contribution in [3.63, 3.8) is 0 Å². The first-order valence-electron chi connectivity index (χ1n) is 2.89. The Morgan fingerprint density at radius 1 is 1.56 bits per heavy atom. The van der Waals surface area contributed by atoms with Crippen molar-refractivity contribution in [2.45, 2.75) is 13.0 Å². The number of nitrogens with zero attached hydrogens (tertiary/aromatic N) is 2. The van der Waals surface area contributed by atoms with Gasteiger partial charge in [0, 0.05) is 12.4 Å². The highest BCUT2D eigenvalue weighted by atomic mass is 14.8. The highest BCUT2D eigenvalue weighted by molar-refractivity contribution is 4.96. The van der Waals surface area contributed by atoms with E-state index in [1.54, 1.807) is 18.6 Å². The molecule has 0 saturated carbocycles. The molecule has 0 aliphatic rings. The van der Waals surface area contributed by atoms with Crippen LogP contribution in [0.4, 0.5) is 0 Å². The lowest BCUT2D eigenvalue weighted by Crippen LogP contribution is -2.52. The van der Waals surface area contributed by atoms with Crippen LogP contribution in [0.25, 0.3) is 0 Å². The van der Waals surface area contributed by atoms with Gasteiger partial charge in [-0.2, -0.15) is 0 Å². The van der Waals surface area contributed by atoms with Gasteiger partial charge in [0.15, 0.2) is 0 Å². The lowest BCUT2D eigenvalue weighted by atomic mass is 10.3. The summed E-state index contributed by atoms with van der Waals surface area (Å²) in [6.07, 6.45) is 5.07. The third-order valence-corrected chi connectivity index (χ3v) is 1.09. The zero-order valence-electron chi connectivity index (χ0n) is 5.41. The fraction of sp³-hybridized carbons (Fsp3) is 0.333. The van der Waals surface area contributed by atoms with E-state index >= 15 is 0 Å². The average Bonchev–Trinajstić information content (AvgIpc) is 1.90. The predicted octanol–water partition coefficient (Wildman–Crippen LogP) is -0.221. The summed E-state index contributed by atoms with van der Waals surface area (Å²) in [6.45, 7) is 1.99. The zero-order chi connectivity index (χ0) is 6.69. The van der Waals surface area contributed by atoms with Crippen LogP contribution >= 0.6 is 0 Å². The van der Waals surface area contributed by atoms with E-state index < -0.39 is 0 Å². The fourth-order valence-electron chi connectivity index (χ4n) is 0.565. The summed E-state index contributed by atoms with van der Waals surface area (Å²) in [4.78, 5) is 7.96. The van der Waals surface area contributed by atoms with Crippen molar-refractivity contribution < 1.29 is 5.73 Å². The second kappa shape index (κ2) is 2.55. The monoisotopic (exact) mass is 124 g/mol. The molecule has 3 heteroatoms. The van der Waals surface area contributed by atoms with E-state index in [4.69, 9.17) is 0 Å². The summed E-state index contributed by atoms with van der Waals surface area (Å²) in [5.74, 6) is 0. The molecular formula is C6H10N3+. The molecule has 0 fully saturated rings. The van der Waals surface area contributed by atoms with Gasteiger partial charge in [0.2, 0.25) is 0 Å². The Hall–Kier alpha value is -0.960. The lowest BCUT2D eigenvalue weighted by molar-refractivity contribution is -0.421. The van der Waals surface area contributed by atoms with Crippen LogP contribution in [0.15, 0.2) is 18.6 Å². The van der Waals surface area contributed by atoms with Crippen molar-refractivity contribution >= 4 is 0 Å². The summed E-state index contributed by atoms with van der Waals surface area (Å²) in [7, 11) is 0. The Morgan fingerprint density at radius 2 is 2.33 bits per heavy atom. The number of hydrogen-bond donors (Lipinski definition) is 1. The van der Waals surface area contributed by atoms with Crippen LogP contribution in [0, 0.1) is 0 Å². The largest absolute Gasteiger partial charge is 0.350 e. The summed E-state index contributed by atoms with van der Waals surface area (Å²) < 4.78 is 0. The summed E-state index contributed by atoms with van der Waals surface area (Å²) in [5.41, 5.74) is 4.75. The lowest BCUT2D eigenvalue weighted by Gasteiger charge is -1.96. The van der Waals surface area contributed by atoms with Crippen LogP contribution in [-0.4, -0.2) is 9.97 Å². The van der Waals surface area contributed by atoms with E-state index in [1.165, 1.54) is 0 Å². The molecule has 1 aromatic rings. The molecule has 0 radical (unpaired) electrons. The third-order valence-electron chi connectivity index (χ3n) is 1.09.